The van der Waals surface area contributed by atoms with E-state index >= 15 is 0 Å². The fourth-order valence-electron chi connectivity index (χ4n) is 2.97. The molecular weight excluding hydrogens is 244 g/mol. The number of carboxylic acids is 1. The molecule has 0 aromatic rings. The van der Waals surface area contributed by atoms with Crippen molar-refractivity contribution in [1.29, 1.82) is 0 Å². The monoisotopic (exact) mass is 266 g/mol. The van der Waals surface area contributed by atoms with Crippen molar-refractivity contribution in [3.8, 4) is 0 Å². The Labute approximate surface area is 113 Å². The smallest absolute Gasteiger partial charge is 0.331 e. The molecule has 5 nitrogen and oxygen atoms in total. The first-order valence-corrected chi connectivity index (χ1v) is 7.04. The average molecular weight is 266 g/mol. The Morgan fingerprint density at radius 3 is 3.00 bits per heavy atom. The molecule has 2 aliphatic rings. The summed E-state index contributed by atoms with van der Waals surface area (Å²) in [6, 6.07) is 0.326. The minimum Gasteiger partial charge on any atom is -0.478 e. The fraction of sp³-hybridized carbons (Fsp3) is 0.714. The summed E-state index contributed by atoms with van der Waals surface area (Å²) in [6.45, 7) is 4.45. The third kappa shape index (κ3) is 3.56. The number of nitrogens with one attached hydrogen (secondary N) is 1. The van der Waals surface area contributed by atoms with Gasteiger partial charge in [-0.3, -0.25) is 9.69 Å². The van der Waals surface area contributed by atoms with E-state index in [1.54, 1.807) is 0 Å². The molecule has 2 rings (SSSR count). The van der Waals surface area contributed by atoms with Crippen LogP contribution in [0.4, 0.5) is 0 Å². The highest BCUT2D eigenvalue weighted by atomic mass is 16.4. The van der Waals surface area contributed by atoms with Crippen LogP contribution >= 0.6 is 0 Å². The molecule has 0 bridgehead atoms. The number of nitrogens with zero attached hydrogens (tertiary/aromatic N) is 1. The molecule has 2 unspecified atom stereocenters. The normalized spacial score (nSPS) is 28.7. The van der Waals surface area contributed by atoms with Crippen molar-refractivity contribution in [1.82, 2.24) is 10.2 Å². The second-order valence-corrected chi connectivity index (χ2v) is 5.41. The first-order chi connectivity index (χ1) is 9.10. The molecule has 0 aromatic heterocycles. The lowest BCUT2D eigenvalue weighted by Gasteiger charge is -2.41. The molecule has 0 aliphatic carbocycles. The van der Waals surface area contributed by atoms with Crippen molar-refractivity contribution in [2.75, 3.05) is 19.6 Å². The Balaban J connectivity index is 1.87. The quantitative estimate of drug-likeness (QED) is 0.745. The molecule has 0 spiro atoms. The maximum atomic E-state index is 11.3. The highest BCUT2D eigenvalue weighted by Gasteiger charge is 2.33. The van der Waals surface area contributed by atoms with Crippen molar-refractivity contribution < 1.29 is 14.7 Å². The summed E-state index contributed by atoms with van der Waals surface area (Å²) in [5, 5.41) is 12.0. The summed E-state index contributed by atoms with van der Waals surface area (Å²) >= 11 is 0. The zero-order valence-corrected chi connectivity index (χ0v) is 11.4. The van der Waals surface area contributed by atoms with E-state index in [1.807, 2.05) is 13.0 Å². The molecule has 2 saturated heterocycles. The standard InChI is InChI=1S/C14H22N2O3/c1-2-10(14(18)19)5-7-16-8-6-12-11(9-16)3-4-13(17)15-12/h5,11-12H,2-4,6-9H2,1H3,(H,15,17)(H,18,19). The van der Waals surface area contributed by atoms with Crippen LogP contribution in [0, 0.1) is 5.92 Å². The van der Waals surface area contributed by atoms with Gasteiger partial charge >= 0.3 is 5.97 Å². The number of rotatable bonds is 4. The van der Waals surface area contributed by atoms with Crippen LogP contribution in [0.3, 0.4) is 0 Å². The molecule has 2 aliphatic heterocycles. The highest BCUT2D eigenvalue weighted by molar-refractivity contribution is 5.86. The lowest BCUT2D eigenvalue weighted by molar-refractivity contribution is -0.132. The zero-order chi connectivity index (χ0) is 13.8. The number of aliphatic carboxylic acids is 1. The molecule has 1 amide bonds. The minimum atomic E-state index is -0.817. The number of hydrogen-bond acceptors (Lipinski definition) is 3. The summed E-state index contributed by atoms with van der Waals surface area (Å²) < 4.78 is 0. The number of fused-ring (bicyclic) bond motifs is 1. The Morgan fingerprint density at radius 2 is 2.32 bits per heavy atom. The number of carbonyl (C=O) groups is 2. The molecule has 2 heterocycles. The number of amides is 1. The van der Waals surface area contributed by atoms with E-state index in [2.05, 4.69) is 10.2 Å². The van der Waals surface area contributed by atoms with E-state index in [1.165, 1.54) is 0 Å². The number of piperidine rings is 2. The van der Waals surface area contributed by atoms with Gasteiger partial charge in [-0.25, -0.2) is 4.79 Å². The van der Waals surface area contributed by atoms with E-state index in [-0.39, 0.29) is 5.91 Å². The third-order valence-electron chi connectivity index (χ3n) is 4.16. The number of likely N-dealkylation sites (tertiary alicyclic amines) is 1. The van der Waals surface area contributed by atoms with E-state index in [0.717, 1.165) is 25.9 Å². The van der Waals surface area contributed by atoms with Crippen molar-refractivity contribution in [3.05, 3.63) is 11.6 Å². The predicted octanol–water partition coefficient (Wildman–Crippen LogP) is 1.01. The molecule has 0 radical (unpaired) electrons. The van der Waals surface area contributed by atoms with Crippen molar-refractivity contribution in [2.24, 2.45) is 5.92 Å². The van der Waals surface area contributed by atoms with Crippen LogP contribution in [0.2, 0.25) is 0 Å². The van der Waals surface area contributed by atoms with Gasteiger partial charge in [-0.2, -0.15) is 0 Å². The highest BCUT2D eigenvalue weighted by Crippen LogP contribution is 2.25. The van der Waals surface area contributed by atoms with Crippen molar-refractivity contribution >= 4 is 11.9 Å². The minimum absolute atomic E-state index is 0.175. The maximum Gasteiger partial charge on any atom is 0.331 e. The van der Waals surface area contributed by atoms with Gasteiger partial charge in [-0.15, -0.1) is 0 Å². The Hall–Kier alpha value is -1.36. The van der Waals surface area contributed by atoms with E-state index in [4.69, 9.17) is 5.11 Å². The van der Waals surface area contributed by atoms with Gasteiger partial charge in [-0.05, 0) is 25.2 Å². The Morgan fingerprint density at radius 1 is 1.53 bits per heavy atom. The van der Waals surface area contributed by atoms with Crippen molar-refractivity contribution in [2.45, 2.75) is 38.6 Å². The van der Waals surface area contributed by atoms with E-state index in [0.29, 0.717) is 36.9 Å². The summed E-state index contributed by atoms with van der Waals surface area (Å²) in [4.78, 5) is 24.6. The van der Waals surface area contributed by atoms with Gasteiger partial charge in [0.1, 0.15) is 0 Å². The molecule has 0 aromatic carbocycles. The van der Waals surface area contributed by atoms with Gasteiger partial charge in [0.15, 0.2) is 0 Å². The van der Waals surface area contributed by atoms with Gasteiger partial charge in [0.2, 0.25) is 5.91 Å². The molecule has 19 heavy (non-hydrogen) atoms. The maximum absolute atomic E-state index is 11.3. The summed E-state index contributed by atoms with van der Waals surface area (Å²) in [7, 11) is 0. The van der Waals surface area contributed by atoms with Crippen LogP contribution in [0.1, 0.15) is 32.6 Å². The summed E-state index contributed by atoms with van der Waals surface area (Å²) in [5.74, 6) is -0.120. The zero-order valence-electron chi connectivity index (χ0n) is 11.4. The van der Waals surface area contributed by atoms with E-state index in [9.17, 15) is 9.59 Å². The van der Waals surface area contributed by atoms with Crippen LogP contribution in [-0.4, -0.2) is 47.6 Å². The average Bonchev–Trinajstić information content (AvgIpc) is 2.39. The lowest BCUT2D eigenvalue weighted by atomic mass is 9.85. The SMILES string of the molecule is CCC(=CCN1CCC2NC(=O)CCC2C1)C(=O)O. The van der Waals surface area contributed by atoms with E-state index < -0.39 is 5.97 Å². The number of carbonyl (C=O) groups excluding carboxylic acids is 1. The molecular formula is C14H22N2O3. The molecule has 2 N–H and O–H groups in total. The van der Waals surface area contributed by atoms with Gasteiger partial charge in [0.05, 0.1) is 0 Å². The molecule has 2 fully saturated rings. The van der Waals surface area contributed by atoms with Gasteiger partial charge < -0.3 is 10.4 Å². The molecule has 106 valence electrons. The number of hydrogen-bond donors (Lipinski definition) is 2. The predicted molar refractivity (Wildman–Crippen MR) is 71.7 cm³/mol. The Kier molecular flexibility index (Phi) is 4.58. The van der Waals surface area contributed by atoms with Gasteiger partial charge in [0, 0.05) is 37.7 Å². The first-order valence-electron chi connectivity index (χ1n) is 7.04. The molecule has 5 heteroatoms. The topological polar surface area (TPSA) is 69.6 Å². The second-order valence-electron chi connectivity index (χ2n) is 5.41. The first kappa shape index (κ1) is 14.1. The van der Waals surface area contributed by atoms with Crippen LogP contribution < -0.4 is 5.32 Å². The van der Waals surface area contributed by atoms with Gasteiger partial charge in [-0.1, -0.05) is 13.0 Å². The van der Waals surface area contributed by atoms with Gasteiger partial charge in [0.25, 0.3) is 0 Å². The second kappa shape index (κ2) is 6.19. The summed E-state index contributed by atoms with van der Waals surface area (Å²) in [6.07, 6.45) is 4.94. The van der Waals surface area contributed by atoms with Crippen LogP contribution in [-0.2, 0) is 9.59 Å². The summed E-state index contributed by atoms with van der Waals surface area (Å²) in [5.41, 5.74) is 0.485. The van der Waals surface area contributed by atoms with Crippen LogP contribution in [0.5, 0.6) is 0 Å². The lowest BCUT2D eigenvalue weighted by Crippen LogP contribution is -2.53. The molecule has 2 atom stereocenters. The van der Waals surface area contributed by atoms with Crippen molar-refractivity contribution in [3.63, 3.8) is 0 Å². The van der Waals surface area contributed by atoms with Crippen LogP contribution in [0.15, 0.2) is 11.6 Å². The largest absolute Gasteiger partial charge is 0.478 e. The Bertz CT molecular complexity index is 392. The number of carboxylic acid groups (broad SMARTS) is 1. The fourth-order valence-corrected chi connectivity index (χ4v) is 2.97. The third-order valence-corrected chi connectivity index (χ3v) is 4.16. The molecule has 0 saturated carbocycles. The van der Waals surface area contributed by atoms with Crippen LogP contribution in [0.25, 0.3) is 0 Å².